The fourth-order valence-corrected chi connectivity index (χ4v) is 5.41. The SMILES string of the molecule is COC(=O)c1ccc2c(c1)NC(=O)C2C(=Nc1ccc2c(c1)CCN2C(=O)Cc1ccccc1)c1ccccc1. The van der Waals surface area contributed by atoms with Crippen LogP contribution in [0.2, 0.25) is 0 Å². The molecule has 0 aromatic heterocycles. The van der Waals surface area contributed by atoms with E-state index in [1.165, 1.54) is 7.11 Å². The van der Waals surface area contributed by atoms with Gasteiger partial charge in [0.05, 0.1) is 30.5 Å². The highest BCUT2D eigenvalue weighted by molar-refractivity contribution is 6.24. The van der Waals surface area contributed by atoms with E-state index in [4.69, 9.17) is 9.73 Å². The van der Waals surface area contributed by atoms with Crippen LogP contribution in [0.15, 0.2) is 102 Å². The molecule has 0 saturated carbocycles. The van der Waals surface area contributed by atoms with Gasteiger partial charge >= 0.3 is 5.97 Å². The Labute approximate surface area is 232 Å². The maximum atomic E-state index is 13.3. The summed E-state index contributed by atoms with van der Waals surface area (Å²) in [6, 6.07) is 30.3. The first-order valence-electron chi connectivity index (χ1n) is 13.2. The first-order chi connectivity index (χ1) is 19.5. The van der Waals surface area contributed by atoms with Gasteiger partial charge in [0.15, 0.2) is 0 Å². The maximum absolute atomic E-state index is 13.3. The van der Waals surface area contributed by atoms with Gasteiger partial charge in [-0.15, -0.1) is 0 Å². The van der Waals surface area contributed by atoms with Gasteiger partial charge in [-0.3, -0.25) is 14.6 Å². The number of ether oxygens (including phenoxy) is 1. The lowest BCUT2D eigenvalue weighted by Gasteiger charge is -2.18. The van der Waals surface area contributed by atoms with Crippen molar-refractivity contribution in [3.63, 3.8) is 0 Å². The number of aliphatic imine (C=N–C) groups is 1. The molecule has 0 radical (unpaired) electrons. The minimum Gasteiger partial charge on any atom is -0.465 e. The average molecular weight is 530 g/mol. The van der Waals surface area contributed by atoms with E-state index < -0.39 is 11.9 Å². The van der Waals surface area contributed by atoms with Crippen LogP contribution in [0.5, 0.6) is 0 Å². The normalized spacial score (nSPS) is 15.8. The summed E-state index contributed by atoms with van der Waals surface area (Å²) in [4.78, 5) is 45.2. The first-order valence-corrected chi connectivity index (χ1v) is 13.2. The summed E-state index contributed by atoms with van der Waals surface area (Å²) >= 11 is 0. The molecule has 7 heteroatoms. The number of hydrogen-bond donors (Lipinski definition) is 1. The zero-order valence-corrected chi connectivity index (χ0v) is 22.0. The zero-order chi connectivity index (χ0) is 27.6. The van der Waals surface area contributed by atoms with Crippen LogP contribution in [0.4, 0.5) is 17.1 Å². The van der Waals surface area contributed by atoms with Crippen LogP contribution in [0, 0.1) is 0 Å². The smallest absolute Gasteiger partial charge is 0.337 e. The van der Waals surface area contributed by atoms with Crippen LogP contribution < -0.4 is 10.2 Å². The maximum Gasteiger partial charge on any atom is 0.337 e. The summed E-state index contributed by atoms with van der Waals surface area (Å²) < 4.78 is 4.83. The Kier molecular flexibility index (Phi) is 6.70. The molecule has 198 valence electrons. The number of nitrogens with one attached hydrogen (secondary N) is 1. The van der Waals surface area contributed by atoms with Gasteiger partial charge in [-0.25, -0.2) is 4.79 Å². The summed E-state index contributed by atoms with van der Waals surface area (Å²) in [6.07, 6.45) is 1.09. The molecule has 40 heavy (non-hydrogen) atoms. The molecule has 2 aliphatic rings. The van der Waals surface area contributed by atoms with Crippen LogP contribution in [0.25, 0.3) is 0 Å². The lowest BCUT2D eigenvalue weighted by atomic mass is 9.90. The summed E-state index contributed by atoms with van der Waals surface area (Å²) in [5.41, 5.74) is 6.78. The van der Waals surface area contributed by atoms with Gasteiger partial charge in [0.2, 0.25) is 11.8 Å². The van der Waals surface area contributed by atoms with E-state index in [0.29, 0.717) is 35.6 Å². The molecular weight excluding hydrogens is 502 g/mol. The highest BCUT2D eigenvalue weighted by atomic mass is 16.5. The van der Waals surface area contributed by atoms with Gasteiger partial charge < -0.3 is 15.0 Å². The van der Waals surface area contributed by atoms with E-state index in [-0.39, 0.29) is 11.8 Å². The Balaban J connectivity index is 1.34. The number of anilines is 2. The third-order valence-corrected chi connectivity index (χ3v) is 7.36. The van der Waals surface area contributed by atoms with Crippen molar-refractivity contribution in [1.82, 2.24) is 0 Å². The number of hydrogen-bond acceptors (Lipinski definition) is 5. The molecule has 4 aromatic carbocycles. The predicted molar refractivity (Wildman–Crippen MR) is 154 cm³/mol. The second kappa shape index (κ2) is 10.6. The van der Waals surface area contributed by atoms with Crippen molar-refractivity contribution < 1.29 is 19.1 Å². The minimum absolute atomic E-state index is 0.0664. The number of benzene rings is 4. The Hall–Kier alpha value is -5.04. The van der Waals surface area contributed by atoms with Crippen molar-refractivity contribution in [2.75, 3.05) is 23.9 Å². The summed E-state index contributed by atoms with van der Waals surface area (Å²) in [6.45, 7) is 0.626. The quantitative estimate of drug-likeness (QED) is 0.265. The van der Waals surface area contributed by atoms with Crippen LogP contribution in [-0.2, 0) is 27.2 Å². The van der Waals surface area contributed by atoms with Crippen molar-refractivity contribution in [3.05, 3.63) is 125 Å². The molecule has 0 bridgehead atoms. The number of esters is 1. The van der Waals surface area contributed by atoms with Crippen molar-refractivity contribution in [2.45, 2.75) is 18.8 Å². The van der Waals surface area contributed by atoms with E-state index >= 15 is 0 Å². The molecule has 1 atom stereocenters. The van der Waals surface area contributed by atoms with E-state index in [1.54, 1.807) is 18.2 Å². The second-order valence-electron chi connectivity index (χ2n) is 9.85. The summed E-state index contributed by atoms with van der Waals surface area (Å²) in [5.74, 6) is -1.26. The Bertz CT molecular complexity index is 1650. The third-order valence-electron chi connectivity index (χ3n) is 7.36. The van der Waals surface area contributed by atoms with Gasteiger partial charge in [-0.05, 0) is 59.0 Å². The molecule has 1 N–H and O–H groups in total. The van der Waals surface area contributed by atoms with Gasteiger partial charge in [-0.2, -0.15) is 0 Å². The number of rotatable bonds is 6. The fraction of sp³-hybridized carbons (Fsp3) is 0.152. The molecule has 0 fully saturated rings. The third kappa shape index (κ3) is 4.78. The number of fused-ring (bicyclic) bond motifs is 2. The molecule has 0 saturated heterocycles. The zero-order valence-electron chi connectivity index (χ0n) is 22.0. The number of nitrogens with zero attached hydrogens (tertiary/aromatic N) is 2. The lowest BCUT2D eigenvalue weighted by Crippen LogP contribution is -2.30. The van der Waals surface area contributed by atoms with Gasteiger partial charge in [0.25, 0.3) is 0 Å². The minimum atomic E-state index is -0.652. The van der Waals surface area contributed by atoms with Crippen molar-refractivity contribution in [3.8, 4) is 0 Å². The second-order valence-corrected chi connectivity index (χ2v) is 9.85. The molecule has 0 aliphatic carbocycles. The number of carbonyl (C=O) groups is 3. The molecule has 0 spiro atoms. The Morgan fingerprint density at radius 1 is 0.925 bits per heavy atom. The van der Waals surface area contributed by atoms with Crippen LogP contribution in [-0.4, -0.2) is 37.1 Å². The lowest BCUT2D eigenvalue weighted by molar-refractivity contribution is -0.118. The molecule has 2 heterocycles. The van der Waals surface area contributed by atoms with Gasteiger partial charge in [0.1, 0.15) is 5.92 Å². The molecule has 2 aliphatic heterocycles. The van der Waals surface area contributed by atoms with E-state index in [0.717, 1.165) is 34.4 Å². The monoisotopic (exact) mass is 529 g/mol. The van der Waals surface area contributed by atoms with Gasteiger partial charge in [-0.1, -0.05) is 66.7 Å². The van der Waals surface area contributed by atoms with Crippen molar-refractivity contribution in [1.29, 1.82) is 0 Å². The molecule has 2 amide bonds. The molecule has 1 unspecified atom stereocenters. The molecule has 7 nitrogen and oxygen atoms in total. The fourth-order valence-electron chi connectivity index (χ4n) is 5.41. The van der Waals surface area contributed by atoms with Gasteiger partial charge in [0, 0.05) is 17.9 Å². The van der Waals surface area contributed by atoms with Crippen molar-refractivity contribution in [2.24, 2.45) is 4.99 Å². The highest BCUT2D eigenvalue weighted by Gasteiger charge is 2.36. The largest absolute Gasteiger partial charge is 0.465 e. The summed E-state index contributed by atoms with van der Waals surface area (Å²) in [5, 5.41) is 2.91. The van der Waals surface area contributed by atoms with E-state index in [9.17, 15) is 14.4 Å². The Morgan fingerprint density at radius 2 is 1.68 bits per heavy atom. The standard InChI is InChI=1S/C33H27N3O4/c1-40-33(39)24-12-14-26-27(20-24)35-32(38)30(26)31(22-10-6-3-7-11-22)34-25-13-15-28-23(19-25)16-17-36(28)29(37)18-21-8-4-2-5-9-21/h2-15,19-20,30H,16-18H2,1H3,(H,35,38). The predicted octanol–water partition coefficient (Wildman–Crippen LogP) is 5.46. The highest BCUT2D eigenvalue weighted by Crippen LogP contribution is 2.38. The number of carbonyl (C=O) groups excluding carboxylic acids is 3. The summed E-state index contributed by atoms with van der Waals surface area (Å²) in [7, 11) is 1.33. The van der Waals surface area contributed by atoms with Crippen LogP contribution >= 0.6 is 0 Å². The van der Waals surface area contributed by atoms with E-state index in [1.807, 2.05) is 83.8 Å². The first kappa shape index (κ1) is 25.2. The number of methoxy groups -OCH3 is 1. The van der Waals surface area contributed by atoms with Crippen LogP contribution in [0.1, 0.15) is 38.5 Å². The Morgan fingerprint density at radius 3 is 2.42 bits per heavy atom. The number of amides is 2. The van der Waals surface area contributed by atoms with Crippen molar-refractivity contribution >= 4 is 40.6 Å². The van der Waals surface area contributed by atoms with E-state index in [2.05, 4.69) is 5.32 Å². The molecular formula is C33H27N3O4. The topological polar surface area (TPSA) is 88.1 Å². The average Bonchev–Trinajstić information content (AvgIpc) is 3.56. The van der Waals surface area contributed by atoms with Crippen LogP contribution in [0.3, 0.4) is 0 Å². The molecule has 4 aromatic rings. The molecule has 6 rings (SSSR count).